The Morgan fingerprint density at radius 3 is 1.86 bits per heavy atom. The monoisotopic (exact) mass is 822 g/mol. The number of aryl methyl sites for hydroxylation is 1. The fourth-order valence-corrected chi connectivity index (χ4v) is 12.2. The highest BCUT2D eigenvalue weighted by Gasteiger charge is 2.39. The Labute approximate surface area is 371 Å². The molecule has 2 heterocycles. The standard InChI is InChI=1S/C60H42N2S/c1-3-11-38(12-4-1)40-20-24-42(25-21-40)57-54-34-37-19-29-48-52-36-45-16-8-7-15-44(45)35-46(52)28-30-47(53(48)33-37)50-31-32-51-49-17-9-10-18-55(49)63-59(51)56(50)58(54)62-60(61-57)43-26-22-41(23-27-43)39-13-5-2-6-14-39/h1-27,29,31-33,35-36,47,54,58H,28,30,34H2. The maximum Gasteiger partial charge on any atom is 0.155 e. The first kappa shape index (κ1) is 36.5. The van der Waals surface area contributed by atoms with Crippen LogP contribution < -0.4 is 0 Å². The number of fused-ring (bicyclic) bond motifs is 12. The van der Waals surface area contributed by atoms with Crippen molar-refractivity contribution in [1.82, 2.24) is 0 Å². The molecule has 298 valence electrons. The van der Waals surface area contributed by atoms with E-state index in [1.807, 2.05) is 11.3 Å². The van der Waals surface area contributed by atoms with E-state index < -0.39 is 0 Å². The molecule has 0 N–H and O–H groups in total. The summed E-state index contributed by atoms with van der Waals surface area (Å²) in [5.74, 6) is 1.01. The van der Waals surface area contributed by atoms with Gasteiger partial charge in [-0.3, -0.25) is 4.99 Å². The first-order valence-electron chi connectivity index (χ1n) is 22.3. The summed E-state index contributed by atoms with van der Waals surface area (Å²) < 4.78 is 2.68. The van der Waals surface area contributed by atoms with E-state index in [9.17, 15) is 0 Å². The molecule has 3 aliphatic rings. The van der Waals surface area contributed by atoms with Crippen molar-refractivity contribution in [2.75, 3.05) is 0 Å². The molecule has 2 aliphatic carbocycles. The van der Waals surface area contributed by atoms with Gasteiger partial charge in [-0.2, -0.15) is 0 Å². The SMILES string of the molecule is c1ccc(-c2ccc(C3=NC4c5c(ccc6c5sc5ccccc56)C5CCc6cc7ccccc7cc6-c6ccc(cc65)CC4C(c4ccc(-c5ccccc5)cc4)=N3)cc2)cc1. The molecule has 0 saturated heterocycles. The highest BCUT2D eigenvalue weighted by atomic mass is 32.1. The van der Waals surface area contributed by atoms with E-state index in [1.54, 1.807) is 0 Å². The quantitative estimate of drug-likeness (QED) is 0.169. The Morgan fingerprint density at radius 2 is 1.11 bits per heavy atom. The Bertz CT molecular complexity index is 3470. The predicted octanol–water partition coefficient (Wildman–Crippen LogP) is 15.4. The van der Waals surface area contributed by atoms with Crippen molar-refractivity contribution in [3.05, 3.63) is 239 Å². The van der Waals surface area contributed by atoms with Crippen molar-refractivity contribution >= 4 is 53.8 Å². The topological polar surface area (TPSA) is 24.7 Å². The Hall–Kier alpha value is -7.20. The molecule has 0 saturated carbocycles. The largest absolute Gasteiger partial charge is 0.257 e. The van der Waals surface area contributed by atoms with Gasteiger partial charge in [0.2, 0.25) is 0 Å². The number of amidine groups is 1. The lowest BCUT2D eigenvalue weighted by Crippen LogP contribution is -2.30. The third-order valence-electron chi connectivity index (χ3n) is 14.0. The summed E-state index contributed by atoms with van der Waals surface area (Å²) in [6, 6.07) is 74.2. The van der Waals surface area contributed by atoms with Crippen molar-refractivity contribution in [3.63, 3.8) is 0 Å². The van der Waals surface area contributed by atoms with E-state index in [2.05, 4.69) is 200 Å². The summed E-state index contributed by atoms with van der Waals surface area (Å²) in [4.78, 5) is 11.6. The van der Waals surface area contributed by atoms with Gasteiger partial charge in [0.1, 0.15) is 0 Å². The number of thiophene rings is 1. The summed E-state index contributed by atoms with van der Waals surface area (Å²) in [6.07, 6.45) is 2.87. The van der Waals surface area contributed by atoms with Crippen LogP contribution in [0.5, 0.6) is 0 Å². The van der Waals surface area contributed by atoms with Gasteiger partial charge in [-0.05, 0) is 109 Å². The maximum absolute atomic E-state index is 5.91. The summed E-state index contributed by atoms with van der Waals surface area (Å²) in [5.41, 5.74) is 17.8. The van der Waals surface area contributed by atoms with Gasteiger partial charge in [-0.25, -0.2) is 4.99 Å². The zero-order chi connectivity index (χ0) is 41.4. The third kappa shape index (κ3) is 6.14. The lowest BCUT2D eigenvalue weighted by molar-refractivity contribution is 0.544. The molecule has 1 aliphatic heterocycles. The molecule has 0 spiro atoms. The van der Waals surface area contributed by atoms with Crippen LogP contribution in [0.15, 0.2) is 210 Å². The van der Waals surface area contributed by atoms with Crippen molar-refractivity contribution in [1.29, 1.82) is 0 Å². The van der Waals surface area contributed by atoms with Crippen molar-refractivity contribution in [3.8, 4) is 33.4 Å². The second kappa shape index (κ2) is 14.7. The van der Waals surface area contributed by atoms with E-state index in [0.29, 0.717) is 0 Å². The van der Waals surface area contributed by atoms with Crippen LogP contribution in [0.25, 0.3) is 64.3 Å². The van der Waals surface area contributed by atoms with Crippen molar-refractivity contribution in [2.45, 2.75) is 31.2 Å². The van der Waals surface area contributed by atoms with Gasteiger partial charge >= 0.3 is 0 Å². The van der Waals surface area contributed by atoms with Crippen molar-refractivity contribution in [2.24, 2.45) is 15.9 Å². The van der Waals surface area contributed by atoms with Crippen LogP contribution in [0, 0.1) is 5.92 Å². The van der Waals surface area contributed by atoms with Crippen LogP contribution in [0.1, 0.15) is 57.3 Å². The first-order chi connectivity index (χ1) is 31.2. The molecule has 63 heavy (non-hydrogen) atoms. The van der Waals surface area contributed by atoms with Gasteiger partial charge in [-0.15, -0.1) is 11.3 Å². The van der Waals surface area contributed by atoms with E-state index in [4.69, 9.17) is 9.98 Å². The molecule has 3 unspecified atom stereocenters. The summed E-state index contributed by atoms with van der Waals surface area (Å²) >= 11 is 1.94. The number of hydrogen-bond donors (Lipinski definition) is 0. The number of aliphatic imine (C=N–C) groups is 2. The highest BCUT2D eigenvalue weighted by Crippen LogP contribution is 2.52. The molecule has 10 aromatic rings. The molecule has 2 nitrogen and oxygen atoms in total. The molecule has 13 rings (SSSR count). The average Bonchev–Trinajstić information content (AvgIpc) is 3.67. The van der Waals surface area contributed by atoms with Crippen LogP contribution in [-0.4, -0.2) is 11.5 Å². The third-order valence-corrected chi connectivity index (χ3v) is 15.2. The average molecular weight is 823 g/mol. The normalized spacial score (nSPS) is 17.7. The fourth-order valence-electron chi connectivity index (χ4n) is 10.9. The van der Waals surface area contributed by atoms with Crippen molar-refractivity contribution < 1.29 is 0 Å². The minimum atomic E-state index is -0.159. The number of nitrogens with zero attached hydrogens (tertiary/aromatic N) is 2. The Kier molecular flexibility index (Phi) is 8.52. The summed E-state index contributed by atoms with van der Waals surface area (Å²) in [7, 11) is 0. The van der Waals surface area contributed by atoms with Crippen LogP contribution in [0.4, 0.5) is 0 Å². The Morgan fingerprint density at radius 1 is 0.476 bits per heavy atom. The van der Waals surface area contributed by atoms with E-state index in [0.717, 1.165) is 41.9 Å². The van der Waals surface area contributed by atoms with Gasteiger partial charge in [-0.1, -0.05) is 188 Å². The Balaban J connectivity index is 1.06. The zero-order valence-electron chi connectivity index (χ0n) is 34.7. The molecule has 3 heteroatoms. The lowest BCUT2D eigenvalue weighted by Gasteiger charge is -2.32. The summed E-state index contributed by atoms with van der Waals surface area (Å²) in [6.45, 7) is 0. The van der Waals surface area contributed by atoms with E-state index in [-0.39, 0.29) is 17.9 Å². The summed E-state index contributed by atoms with van der Waals surface area (Å²) in [5, 5.41) is 5.25. The van der Waals surface area contributed by atoms with Crippen LogP contribution in [-0.2, 0) is 12.8 Å². The van der Waals surface area contributed by atoms with Crippen LogP contribution >= 0.6 is 11.3 Å². The second-order valence-corrected chi connectivity index (χ2v) is 18.6. The maximum atomic E-state index is 5.91. The minimum absolute atomic E-state index is 0.00565. The van der Waals surface area contributed by atoms with Gasteiger partial charge in [0.05, 0.1) is 11.8 Å². The molecule has 3 atom stereocenters. The molecule has 1 aromatic heterocycles. The molecule has 0 amide bonds. The molecule has 0 radical (unpaired) electrons. The van der Waals surface area contributed by atoms with Gasteiger partial charge in [0, 0.05) is 37.6 Å². The number of hydrogen-bond acceptors (Lipinski definition) is 3. The van der Waals surface area contributed by atoms with E-state index in [1.165, 1.54) is 92.1 Å². The first-order valence-corrected chi connectivity index (χ1v) is 23.1. The molecule has 2 bridgehead atoms. The number of rotatable bonds is 4. The van der Waals surface area contributed by atoms with Gasteiger partial charge in [0.25, 0.3) is 0 Å². The van der Waals surface area contributed by atoms with Crippen LogP contribution in [0.2, 0.25) is 0 Å². The molecular weight excluding hydrogens is 781 g/mol. The smallest absolute Gasteiger partial charge is 0.155 e. The number of benzene rings is 9. The zero-order valence-corrected chi connectivity index (χ0v) is 35.5. The molecule has 9 aromatic carbocycles. The fraction of sp³-hybridized carbons (Fsp3) is 0.100. The van der Waals surface area contributed by atoms with E-state index >= 15 is 0 Å². The molecule has 0 fully saturated rings. The lowest BCUT2D eigenvalue weighted by atomic mass is 9.78. The van der Waals surface area contributed by atoms with Gasteiger partial charge in [0.15, 0.2) is 5.84 Å². The minimum Gasteiger partial charge on any atom is -0.257 e. The predicted molar refractivity (Wildman–Crippen MR) is 266 cm³/mol. The second-order valence-electron chi connectivity index (χ2n) is 17.5. The highest BCUT2D eigenvalue weighted by molar-refractivity contribution is 7.26. The van der Waals surface area contributed by atoms with Gasteiger partial charge < -0.3 is 0 Å². The molecular formula is C60H42N2S. The van der Waals surface area contributed by atoms with Crippen LogP contribution in [0.3, 0.4) is 0 Å².